The van der Waals surface area contributed by atoms with E-state index in [2.05, 4.69) is 10.3 Å². The number of nitrogens with one attached hydrogen (secondary N) is 1. The van der Waals surface area contributed by atoms with E-state index in [4.69, 9.17) is 4.42 Å². The minimum Gasteiger partial charge on any atom is -0.469 e. The number of halogens is 1. The van der Waals surface area contributed by atoms with Crippen LogP contribution in [0.25, 0.3) is 0 Å². The van der Waals surface area contributed by atoms with Gasteiger partial charge >= 0.3 is 0 Å². The van der Waals surface area contributed by atoms with Crippen molar-refractivity contribution in [1.82, 2.24) is 10.3 Å². The van der Waals surface area contributed by atoms with Crippen molar-refractivity contribution in [1.29, 1.82) is 0 Å². The smallest absolute Gasteiger partial charge is 0.141 e. The van der Waals surface area contributed by atoms with Gasteiger partial charge in [-0.15, -0.1) is 0 Å². The molecule has 0 saturated heterocycles. The normalized spacial score (nSPS) is 12.6. The largest absolute Gasteiger partial charge is 0.469 e. The molecule has 96 valence electrons. The molecule has 18 heavy (non-hydrogen) atoms. The zero-order valence-electron chi connectivity index (χ0n) is 10.6. The van der Waals surface area contributed by atoms with Gasteiger partial charge in [0.15, 0.2) is 0 Å². The van der Waals surface area contributed by atoms with Crippen LogP contribution >= 0.6 is 0 Å². The summed E-state index contributed by atoms with van der Waals surface area (Å²) in [5.74, 6) is 0.599. The van der Waals surface area contributed by atoms with Crippen molar-refractivity contribution >= 4 is 0 Å². The molecule has 0 fully saturated rings. The van der Waals surface area contributed by atoms with Gasteiger partial charge in [-0.3, -0.25) is 4.98 Å². The molecule has 0 aromatic carbocycles. The lowest BCUT2D eigenvalue weighted by Crippen LogP contribution is -2.22. The molecular formula is C14H17FN2O. The van der Waals surface area contributed by atoms with Crippen molar-refractivity contribution in [3.05, 3.63) is 53.5 Å². The summed E-state index contributed by atoms with van der Waals surface area (Å²) in [5.41, 5.74) is 1.86. The fraction of sp³-hybridized carbons (Fsp3) is 0.357. The molecule has 1 unspecified atom stereocenters. The maximum Gasteiger partial charge on any atom is 0.141 e. The molecule has 0 bridgehead atoms. The quantitative estimate of drug-likeness (QED) is 0.883. The number of aryl methyl sites for hydroxylation is 1. The van der Waals surface area contributed by atoms with Crippen LogP contribution in [-0.4, -0.2) is 11.5 Å². The fourth-order valence-electron chi connectivity index (χ4n) is 2.09. The van der Waals surface area contributed by atoms with Crippen molar-refractivity contribution < 1.29 is 8.81 Å². The minimum absolute atomic E-state index is 0.0769. The molecule has 0 spiro atoms. The molecule has 1 N–H and O–H groups in total. The van der Waals surface area contributed by atoms with Gasteiger partial charge in [0.05, 0.1) is 18.5 Å². The van der Waals surface area contributed by atoms with Gasteiger partial charge in [0.25, 0.3) is 0 Å². The van der Waals surface area contributed by atoms with Crippen LogP contribution in [0.15, 0.2) is 35.2 Å². The van der Waals surface area contributed by atoms with Crippen molar-refractivity contribution in [2.45, 2.75) is 26.3 Å². The summed E-state index contributed by atoms with van der Waals surface area (Å²) in [6, 6.07) is 3.36. The molecule has 2 aromatic rings. The average Bonchev–Trinajstić information content (AvgIpc) is 2.84. The SMILES string of the molecule is CCNC(c1cncc(F)c1)c1ccoc1CC. The van der Waals surface area contributed by atoms with Gasteiger partial charge in [0.1, 0.15) is 11.6 Å². The summed E-state index contributed by atoms with van der Waals surface area (Å²) in [6.07, 6.45) is 5.38. The Morgan fingerprint density at radius 3 is 2.89 bits per heavy atom. The van der Waals surface area contributed by atoms with Crippen LogP contribution in [0.3, 0.4) is 0 Å². The van der Waals surface area contributed by atoms with Crippen molar-refractivity contribution in [2.24, 2.45) is 0 Å². The number of furan rings is 1. The molecule has 4 heteroatoms. The van der Waals surface area contributed by atoms with Gasteiger partial charge in [-0.2, -0.15) is 0 Å². The predicted molar refractivity (Wildman–Crippen MR) is 67.8 cm³/mol. The number of pyridine rings is 1. The van der Waals surface area contributed by atoms with E-state index in [1.54, 1.807) is 12.5 Å². The standard InChI is InChI=1S/C14H17FN2O/c1-3-13-12(5-6-18-13)14(17-4-2)10-7-11(15)9-16-8-10/h5-9,14,17H,3-4H2,1-2H3. The van der Waals surface area contributed by atoms with E-state index < -0.39 is 0 Å². The maximum absolute atomic E-state index is 13.3. The summed E-state index contributed by atoms with van der Waals surface area (Å²) < 4.78 is 18.7. The molecule has 0 amide bonds. The highest BCUT2D eigenvalue weighted by atomic mass is 19.1. The summed E-state index contributed by atoms with van der Waals surface area (Å²) in [4.78, 5) is 3.91. The molecule has 0 radical (unpaired) electrons. The van der Waals surface area contributed by atoms with Gasteiger partial charge < -0.3 is 9.73 Å². The number of aromatic nitrogens is 1. The van der Waals surface area contributed by atoms with Crippen LogP contribution < -0.4 is 5.32 Å². The van der Waals surface area contributed by atoms with Crippen LogP contribution in [0.2, 0.25) is 0 Å². The van der Waals surface area contributed by atoms with Gasteiger partial charge in [-0.05, 0) is 24.2 Å². The molecule has 0 aliphatic rings. The first kappa shape index (κ1) is 12.8. The van der Waals surface area contributed by atoms with E-state index in [-0.39, 0.29) is 11.9 Å². The third-order valence-corrected chi connectivity index (χ3v) is 2.88. The van der Waals surface area contributed by atoms with E-state index in [0.717, 1.165) is 29.9 Å². The molecule has 2 aromatic heterocycles. The molecule has 0 aliphatic heterocycles. The van der Waals surface area contributed by atoms with Crippen LogP contribution in [0.1, 0.15) is 36.8 Å². The Hall–Kier alpha value is -1.68. The third-order valence-electron chi connectivity index (χ3n) is 2.88. The molecule has 2 rings (SSSR count). The van der Waals surface area contributed by atoms with Crippen LogP contribution in [0.4, 0.5) is 4.39 Å². The number of hydrogen-bond acceptors (Lipinski definition) is 3. The number of rotatable bonds is 5. The van der Waals surface area contributed by atoms with Gasteiger partial charge in [-0.1, -0.05) is 13.8 Å². The number of hydrogen-bond donors (Lipinski definition) is 1. The van der Waals surface area contributed by atoms with Crippen molar-refractivity contribution in [3.63, 3.8) is 0 Å². The first-order chi connectivity index (χ1) is 8.76. The van der Waals surface area contributed by atoms with E-state index in [1.165, 1.54) is 12.3 Å². The zero-order chi connectivity index (χ0) is 13.0. The minimum atomic E-state index is -0.322. The second-order valence-corrected chi connectivity index (χ2v) is 4.08. The monoisotopic (exact) mass is 248 g/mol. The lowest BCUT2D eigenvalue weighted by molar-refractivity contribution is 0.501. The fourth-order valence-corrected chi connectivity index (χ4v) is 2.09. The van der Waals surface area contributed by atoms with Gasteiger partial charge in [0, 0.05) is 18.2 Å². The summed E-state index contributed by atoms with van der Waals surface area (Å²) in [6.45, 7) is 4.84. The lowest BCUT2D eigenvalue weighted by atomic mass is 9.99. The first-order valence-corrected chi connectivity index (χ1v) is 6.16. The van der Waals surface area contributed by atoms with E-state index in [1.807, 2.05) is 19.9 Å². The zero-order valence-corrected chi connectivity index (χ0v) is 10.6. The molecular weight excluding hydrogens is 231 g/mol. The van der Waals surface area contributed by atoms with Crippen molar-refractivity contribution in [2.75, 3.05) is 6.54 Å². The predicted octanol–water partition coefficient (Wildman–Crippen LogP) is 3.08. The van der Waals surface area contributed by atoms with E-state index in [0.29, 0.717) is 0 Å². The Bertz CT molecular complexity index is 510. The van der Waals surface area contributed by atoms with E-state index >= 15 is 0 Å². The van der Waals surface area contributed by atoms with Crippen molar-refractivity contribution in [3.8, 4) is 0 Å². The summed E-state index contributed by atoms with van der Waals surface area (Å²) in [5, 5.41) is 3.34. The van der Waals surface area contributed by atoms with Crippen LogP contribution in [0, 0.1) is 5.82 Å². The van der Waals surface area contributed by atoms with Crippen LogP contribution in [0.5, 0.6) is 0 Å². The average molecular weight is 248 g/mol. The molecule has 0 saturated carbocycles. The highest BCUT2D eigenvalue weighted by molar-refractivity contribution is 5.32. The topological polar surface area (TPSA) is 38.1 Å². The maximum atomic E-state index is 13.3. The Balaban J connectivity index is 2.39. The second-order valence-electron chi connectivity index (χ2n) is 4.08. The number of nitrogens with zero attached hydrogens (tertiary/aromatic N) is 1. The van der Waals surface area contributed by atoms with Gasteiger partial charge in [-0.25, -0.2) is 4.39 Å². The Labute approximate surface area is 106 Å². The third kappa shape index (κ3) is 2.59. The molecule has 3 nitrogen and oxygen atoms in total. The lowest BCUT2D eigenvalue weighted by Gasteiger charge is -2.18. The summed E-state index contributed by atoms with van der Waals surface area (Å²) >= 11 is 0. The molecule has 0 aliphatic carbocycles. The van der Waals surface area contributed by atoms with Gasteiger partial charge in [0.2, 0.25) is 0 Å². The Morgan fingerprint density at radius 2 is 2.22 bits per heavy atom. The van der Waals surface area contributed by atoms with E-state index in [9.17, 15) is 4.39 Å². The molecule has 2 heterocycles. The highest BCUT2D eigenvalue weighted by Gasteiger charge is 2.18. The molecule has 1 atom stereocenters. The second kappa shape index (κ2) is 5.78. The highest BCUT2D eigenvalue weighted by Crippen LogP contribution is 2.26. The van der Waals surface area contributed by atoms with Crippen LogP contribution in [-0.2, 0) is 6.42 Å². The Morgan fingerprint density at radius 1 is 1.39 bits per heavy atom. The Kier molecular flexibility index (Phi) is 4.10. The first-order valence-electron chi connectivity index (χ1n) is 6.16. The summed E-state index contributed by atoms with van der Waals surface area (Å²) in [7, 11) is 0.